The molecule has 1 fully saturated rings. The summed E-state index contributed by atoms with van der Waals surface area (Å²) in [4.78, 5) is 0. The third-order valence-corrected chi connectivity index (χ3v) is 4.37. The maximum absolute atomic E-state index is 5.98. The summed E-state index contributed by atoms with van der Waals surface area (Å²) in [7, 11) is 0. The summed E-state index contributed by atoms with van der Waals surface area (Å²) in [6, 6.07) is 0. The van der Waals surface area contributed by atoms with Gasteiger partial charge in [-0.2, -0.15) is 11.6 Å². The third-order valence-electron chi connectivity index (χ3n) is 2.81. The van der Waals surface area contributed by atoms with Gasteiger partial charge in [-0.25, -0.2) is 0 Å². The predicted molar refractivity (Wildman–Crippen MR) is 62.2 cm³/mol. The van der Waals surface area contributed by atoms with E-state index < -0.39 is 0 Å². The average Bonchev–Trinajstić information content (AvgIpc) is 2.03. The van der Waals surface area contributed by atoms with Gasteiger partial charge in [0.05, 0.1) is 0 Å². The Kier molecular flexibility index (Phi) is 4.18. The van der Waals surface area contributed by atoms with Crippen molar-refractivity contribution in [3.05, 3.63) is 0 Å². The molecule has 0 amide bonds. The van der Waals surface area contributed by atoms with Crippen LogP contribution in [0.15, 0.2) is 0 Å². The minimum atomic E-state index is 0.421. The molecular weight excluding hydrogens is 179 g/mol. The Morgan fingerprint density at radius 2 is 1.92 bits per heavy atom. The van der Waals surface area contributed by atoms with Crippen molar-refractivity contribution in [2.75, 3.05) is 5.75 Å². The Balaban J connectivity index is 2.46. The van der Waals surface area contributed by atoms with Crippen LogP contribution in [0.2, 0.25) is 5.82 Å². The van der Waals surface area contributed by atoms with Gasteiger partial charge in [-0.15, -0.1) is 0 Å². The standard InChI is InChI=1S/C10H21BOS/c1-7(2)10-6-13-11(8(3)4)12-9(10)5/h7-10H,6H2,1-5H3. The quantitative estimate of drug-likeness (QED) is 0.632. The zero-order valence-electron chi connectivity index (χ0n) is 9.41. The highest BCUT2D eigenvalue weighted by Crippen LogP contribution is 2.34. The minimum Gasteiger partial charge on any atom is -0.423 e. The number of hydrogen-bond acceptors (Lipinski definition) is 2. The van der Waals surface area contributed by atoms with Crippen LogP contribution in [0.4, 0.5) is 0 Å². The van der Waals surface area contributed by atoms with E-state index in [1.165, 1.54) is 5.75 Å². The van der Waals surface area contributed by atoms with Gasteiger partial charge in [-0.05, 0) is 30.3 Å². The molecule has 0 radical (unpaired) electrons. The molecule has 13 heavy (non-hydrogen) atoms. The summed E-state index contributed by atoms with van der Waals surface area (Å²) >= 11 is 1.99. The molecule has 3 heteroatoms. The summed E-state index contributed by atoms with van der Waals surface area (Å²) in [6.07, 6.45) is 0.860. The van der Waals surface area contributed by atoms with Gasteiger partial charge < -0.3 is 4.65 Å². The summed E-state index contributed by atoms with van der Waals surface area (Å²) < 4.78 is 5.98. The molecule has 0 aromatic carbocycles. The van der Waals surface area contributed by atoms with E-state index >= 15 is 0 Å². The van der Waals surface area contributed by atoms with Gasteiger partial charge in [0, 0.05) is 6.10 Å². The van der Waals surface area contributed by atoms with Crippen LogP contribution in [0.1, 0.15) is 34.6 Å². The molecule has 76 valence electrons. The second-order valence-corrected chi connectivity index (χ2v) is 5.83. The van der Waals surface area contributed by atoms with Gasteiger partial charge in [0.25, 0.3) is 0 Å². The largest absolute Gasteiger partial charge is 0.423 e. The third kappa shape index (κ3) is 2.92. The molecule has 0 aromatic heterocycles. The van der Waals surface area contributed by atoms with E-state index in [-0.39, 0.29) is 0 Å². The van der Waals surface area contributed by atoms with Crippen LogP contribution >= 0.6 is 11.6 Å². The monoisotopic (exact) mass is 200 g/mol. The Morgan fingerprint density at radius 3 is 2.31 bits per heavy atom. The zero-order chi connectivity index (χ0) is 10.0. The molecule has 1 saturated heterocycles. The van der Waals surface area contributed by atoms with Crippen LogP contribution in [0.3, 0.4) is 0 Å². The first kappa shape index (κ1) is 11.4. The maximum Gasteiger partial charge on any atom is 0.364 e. The van der Waals surface area contributed by atoms with Gasteiger partial charge in [0.15, 0.2) is 0 Å². The molecular formula is C10H21BOS. The highest BCUT2D eigenvalue weighted by Gasteiger charge is 2.34. The van der Waals surface area contributed by atoms with Crippen LogP contribution in [0, 0.1) is 11.8 Å². The van der Waals surface area contributed by atoms with E-state index in [0.717, 1.165) is 11.8 Å². The Hall–Kier alpha value is 0.375. The number of hydrogen-bond donors (Lipinski definition) is 0. The molecule has 1 nitrogen and oxygen atoms in total. The lowest BCUT2D eigenvalue weighted by Gasteiger charge is -2.36. The lowest BCUT2D eigenvalue weighted by molar-refractivity contribution is 0.131. The molecule has 0 spiro atoms. The highest BCUT2D eigenvalue weighted by atomic mass is 32.2. The minimum absolute atomic E-state index is 0.421. The fraction of sp³-hybridized carbons (Fsp3) is 1.00. The lowest BCUT2D eigenvalue weighted by atomic mass is 9.79. The van der Waals surface area contributed by atoms with Crippen LogP contribution < -0.4 is 0 Å². The Bertz CT molecular complexity index is 161. The van der Waals surface area contributed by atoms with Gasteiger partial charge in [0.2, 0.25) is 0 Å². The first-order valence-corrected chi connectivity index (χ1v) is 6.34. The molecule has 1 aliphatic heterocycles. The van der Waals surface area contributed by atoms with E-state index in [1.54, 1.807) is 0 Å². The van der Waals surface area contributed by atoms with E-state index in [9.17, 15) is 0 Å². The second kappa shape index (κ2) is 4.74. The van der Waals surface area contributed by atoms with Crippen LogP contribution in [-0.4, -0.2) is 18.1 Å². The maximum atomic E-state index is 5.98. The van der Waals surface area contributed by atoms with Crippen LogP contribution in [-0.2, 0) is 4.65 Å². The van der Waals surface area contributed by atoms with E-state index in [2.05, 4.69) is 34.6 Å². The summed E-state index contributed by atoms with van der Waals surface area (Å²) in [5.74, 6) is 3.39. The van der Waals surface area contributed by atoms with Crippen molar-refractivity contribution in [3.63, 3.8) is 0 Å². The van der Waals surface area contributed by atoms with Crippen molar-refractivity contribution in [2.24, 2.45) is 11.8 Å². The fourth-order valence-electron chi connectivity index (χ4n) is 1.78. The predicted octanol–water partition coefficient (Wildman–Crippen LogP) is 3.31. The molecule has 2 unspecified atom stereocenters. The molecule has 1 rings (SSSR count). The number of rotatable bonds is 2. The molecule has 1 aliphatic rings. The highest BCUT2D eigenvalue weighted by molar-refractivity contribution is 8.25. The zero-order valence-corrected chi connectivity index (χ0v) is 10.2. The van der Waals surface area contributed by atoms with Crippen molar-refractivity contribution in [1.82, 2.24) is 0 Å². The first-order chi connectivity index (χ1) is 6.02. The summed E-state index contributed by atoms with van der Waals surface area (Å²) in [5.41, 5.74) is 0. The second-order valence-electron chi connectivity index (χ2n) is 4.69. The van der Waals surface area contributed by atoms with E-state index in [4.69, 9.17) is 4.65 Å². The van der Waals surface area contributed by atoms with Crippen LogP contribution in [0.5, 0.6) is 0 Å². The lowest BCUT2D eigenvalue weighted by Crippen LogP contribution is -2.39. The van der Waals surface area contributed by atoms with Gasteiger partial charge in [-0.1, -0.05) is 27.7 Å². The van der Waals surface area contributed by atoms with Crippen molar-refractivity contribution >= 4 is 17.8 Å². The smallest absolute Gasteiger partial charge is 0.364 e. The fourth-order valence-corrected chi connectivity index (χ4v) is 3.48. The van der Waals surface area contributed by atoms with Crippen molar-refractivity contribution < 1.29 is 4.65 Å². The van der Waals surface area contributed by atoms with Crippen LogP contribution in [0.25, 0.3) is 0 Å². The summed E-state index contributed by atoms with van der Waals surface area (Å²) in [6.45, 7) is 11.3. The van der Waals surface area contributed by atoms with Gasteiger partial charge in [-0.3, -0.25) is 0 Å². The van der Waals surface area contributed by atoms with Crippen molar-refractivity contribution in [1.29, 1.82) is 0 Å². The molecule has 0 aliphatic carbocycles. The Labute approximate surface area is 87.0 Å². The average molecular weight is 200 g/mol. The summed E-state index contributed by atoms with van der Waals surface area (Å²) in [5, 5.41) is 0. The molecule has 0 N–H and O–H groups in total. The Morgan fingerprint density at radius 1 is 1.31 bits per heavy atom. The molecule has 1 heterocycles. The first-order valence-electron chi connectivity index (χ1n) is 5.29. The van der Waals surface area contributed by atoms with Crippen molar-refractivity contribution in [3.8, 4) is 0 Å². The molecule has 2 atom stereocenters. The molecule has 0 saturated carbocycles. The SMILES string of the molecule is CC(C)B1OC(C)C(C(C)C)CS1. The van der Waals surface area contributed by atoms with E-state index in [0.29, 0.717) is 18.1 Å². The van der Waals surface area contributed by atoms with Crippen molar-refractivity contribution in [2.45, 2.75) is 46.5 Å². The topological polar surface area (TPSA) is 9.23 Å². The molecule has 0 bridgehead atoms. The van der Waals surface area contributed by atoms with E-state index in [1.807, 2.05) is 11.6 Å². The van der Waals surface area contributed by atoms with Gasteiger partial charge >= 0.3 is 6.19 Å². The normalized spacial score (nSPS) is 30.2. The molecule has 0 aromatic rings. The van der Waals surface area contributed by atoms with Gasteiger partial charge in [0.1, 0.15) is 0 Å².